The highest BCUT2D eigenvalue weighted by atomic mass is 16.5. The number of rotatable bonds is 3. The van der Waals surface area contributed by atoms with Gasteiger partial charge in [0, 0.05) is 19.6 Å². The van der Waals surface area contributed by atoms with Crippen molar-refractivity contribution in [3.8, 4) is 0 Å². The molecule has 0 aromatic carbocycles. The fourth-order valence-electron chi connectivity index (χ4n) is 4.41. The van der Waals surface area contributed by atoms with Gasteiger partial charge in [0.25, 0.3) is 5.91 Å². The van der Waals surface area contributed by atoms with Crippen molar-refractivity contribution >= 4 is 5.91 Å². The first kappa shape index (κ1) is 16.3. The Hall–Kier alpha value is -0.610. The average molecular weight is 308 g/mol. The van der Waals surface area contributed by atoms with Gasteiger partial charge in [-0.05, 0) is 51.0 Å². The molecule has 3 fully saturated rings. The van der Waals surface area contributed by atoms with Crippen molar-refractivity contribution in [1.29, 1.82) is 0 Å². The predicted octanol–water partition coefficient (Wildman–Crippen LogP) is 2.72. The molecule has 0 aromatic heterocycles. The van der Waals surface area contributed by atoms with E-state index in [4.69, 9.17) is 4.74 Å². The van der Waals surface area contributed by atoms with Crippen LogP contribution in [0.3, 0.4) is 0 Å². The van der Waals surface area contributed by atoms with E-state index in [1.807, 2.05) is 11.8 Å². The highest BCUT2D eigenvalue weighted by molar-refractivity contribution is 5.80. The monoisotopic (exact) mass is 308 g/mol. The third-order valence-electron chi connectivity index (χ3n) is 6.01. The summed E-state index contributed by atoms with van der Waals surface area (Å²) in [7, 11) is 0. The number of hydrogen-bond acceptors (Lipinski definition) is 3. The predicted molar refractivity (Wildman–Crippen MR) is 87.8 cm³/mol. The van der Waals surface area contributed by atoms with E-state index in [-0.39, 0.29) is 12.0 Å². The van der Waals surface area contributed by atoms with E-state index in [9.17, 15) is 4.79 Å². The Morgan fingerprint density at radius 2 is 1.82 bits per heavy atom. The van der Waals surface area contributed by atoms with Gasteiger partial charge in [-0.3, -0.25) is 4.79 Å². The Morgan fingerprint density at radius 3 is 2.41 bits per heavy atom. The lowest BCUT2D eigenvalue weighted by Gasteiger charge is -2.40. The van der Waals surface area contributed by atoms with Gasteiger partial charge in [0.1, 0.15) is 6.10 Å². The molecule has 0 bridgehead atoms. The minimum absolute atomic E-state index is 0.213. The van der Waals surface area contributed by atoms with Crippen LogP contribution in [0.4, 0.5) is 0 Å². The molecule has 1 spiro atoms. The number of nitrogens with one attached hydrogen (secondary N) is 1. The molecule has 22 heavy (non-hydrogen) atoms. The SMILES string of the molecule is CC(OC1CCCCCC1)C(=O)N1CCC2(CCNC2)CC1. The van der Waals surface area contributed by atoms with Crippen molar-refractivity contribution in [3.63, 3.8) is 0 Å². The van der Waals surface area contributed by atoms with Gasteiger partial charge in [0.05, 0.1) is 6.10 Å². The van der Waals surface area contributed by atoms with Crippen molar-refractivity contribution in [2.75, 3.05) is 26.2 Å². The van der Waals surface area contributed by atoms with E-state index in [1.165, 1.54) is 32.1 Å². The number of likely N-dealkylation sites (tertiary alicyclic amines) is 1. The van der Waals surface area contributed by atoms with Crippen molar-refractivity contribution < 1.29 is 9.53 Å². The zero-order chi connectivity index (χ0) is 15.4. The second-order valence-corrected chi connectivity index (χ2v) is 7.64. The lowest BCUT2D eigenvalue weighted by Crippen LogP contribution is -2.48. The lowest BCUT2D eigenvalue weighted by molar-refractivity contribution is -0.148. The maximum Gasteiger partial charge on any atom is 0.251 e. The summed E-state index contributed by atoms with van der Waals surface area (Å²) in [5.41, 5.74) is 0.474. The van der Waals surface area contributed by atoms with Crippen LogP contribution >= 0.6 is 0 Å². The van der Waals surface area contributed by atoms with Gasteiger partial charge < -0.3 is 15.0 Å². The third-order valence-corrected chi connectivity index (χ3v) is 6.01. The van der Waals surface area contributed by atoms with E-state index >= 15 is 0 Å². The van der Waals surface area contributed by atoms with Gasteiger partial charge >= 0.3 is 0 Å². The quantitative estimate of drug-likeness (QED) is 0.815. The van der Waals surface area contributed by atoms with Gasteiger partial charge in [-0.2, -0.15) is 0 Å². The van der Waals surface area contributed by atoms with Gasteiger partial charge in [0.15, 0.2) is 0 Å². The lowest BCUT2D eigenvalue weighted by atomic mass is 9.78. The molecule has 2 heterocycles. The maximum atomic E-state index is 12.6. The minimum Gasteiger partial charge on any atom is -0.365 e. The van der Waals surface area contributed by atoms with Crippen LogP contribution in [-0.4, -0.2) is 49.2 Å². The van der Waals surface area contributed by atoms with E-state index in [2.05, 4.69) is 5.32 Å². The van der Waals surface area contributed by atoms with E-state index < -0.39 is 0 Å². The smallest absolute Gasteiger partial charge is 0.251 e. The molecule has 4 heteroatoms. The molecule has 1 unspecified atom stereocenters. The summed E-state index contributed by atoms with van der Waals surface area (Å²) in [5.74, 6) is 0.213. The first-order chi connectivity index (χ1) is 10.7. The molecule has 1 N–H and O–H groups in total. The zero-order valence-electron chi connectivity index (χ0n) is 14.1. The van der Waals surface area contributed by atoms with Crippen molar-refractivity contribution in [3.05, 3.63) is 0 Å². The molecule has 3 aliphatic rings. The van der Waals surface area contributed by atoms with Crippen LogP contribution in [0.25, 0.3) is 0 Å². The molecular formula is C18H32N2O2. The number of carbonyl (C=O) groups is 1. The Bertz CT molecular complexity index is 361. The molecule has 126 valence electrons. The average Bonchev–Trinajstić information content (AvgIpc) is 2.82. The molecule has 1 atom stereocenters. The van der Waals surface area contributed by atoms with Crippen LogP contribution in [0.1, 0.15) is 64.7 Å². The summed E-state index contributed by atoms with van der Waals surface area (Å²) in [6.45, 7) is 6.07. The summed E-state index contributed by atoms with van der Waals surface area (Å²) in [6.07, 6.45) is 11.0. The highest BCUT2D eigenvalue weighted by Crippen LogP contribution is 2.37. The topological polar surface area (TPSA) is 41.6 Å². The molecule has 2 aliphatic heterocycles. The Kier molecular flexibility index (Phi) is 5.40. The number of hydrogen-bond donors (Lipinski definition) is 1. The Balaban J connectivity index is 1.46. The van der Waals surface area contributed by atoms with Crippen LogP contribution in [0, 0.1) is 5.41 Å². The van der Waals surface area contributed by atoms with Crippen LogP contribution in [0.15, 0.2) is 0 Å². The first-order valence-corrected chi connectivity index (χ1v) is 9.34. The Labute approximate surface area is 135 Å². The number of nitrogens with zero attached hydrogens (tertiary/aromatic N) is 1. The number of carbonyl (C=O) groups excluding carboxylic acids is 1. The normalized spacial score (nSPS) is 27.8. The second kappa shape index (κ2) is 7.31. The number of ether oxygens (including phenoxy) is 1. The van der Waals surface area contributed by atoms with Gasteiger partial charge in [-0.1, -0.05) is 25.7 Å². The third kappa shape index (κ3) is 3.83. The van der Waals surface area contributed by atoms with Crippen molar-refractivity contribution in [2.24, 2.45) is 5.41 Å². The van der Waals surface area contributed by atoms with Crippen molar-refractivity contribution in [1.82, 2.24) is 10.2 Å². The summed E-state index contributed by atoms with van der Waals surface area (Å²) in [5, 5.41) is 3.48. The second-order valence-electron chi connectivity index (χ2n) is 7.64. The van der Waals surface area contributed by atoms with Gasteiger partial charge in [0.2, 0.25) is 0 Å². The molecule has 1 amide bonds. The van der Waals surface area contributed by atoms with Gasteiger partial charge in [-0.25, -0.2) is 0 Å². The molecule has 1 saturated carbocycles. The minimum atomic E-state index is -0.265. The number of piperidine rings is 1. The summed E-state index contributed by atoms with van der Waals surface area (Å²) in [4.78, 5) is 14.7. The Morgan fingerprint density at radius 1 is 1.14 bits per heavy atom. The summed E-state index contributed by atoms with van der Waals surface area (Å²) >= 11 is 0. The van der Waals surface area contributed by atoms with E-state index in [0.717, 1.165) is 51.9 Å². The van der Waals surface area contributed by atoms with Crippen LogP contribution < -0.4 is 5.32 Å². The van der Waals surface area contributed by atoms with Crippen molar-refractivity contribution in [2.45, 2.75) is 76.9 Å². The first-order valence-electron chi connectivity index (χ1n) is 9.34. The molecule has 4 nitrogen and oxygen atoms in total. The highest BCUT2D eigenvalue weighted by Gasteiger charge is 2.39. The van der Waals surface area contributed by atoms with Crippen LogP contribution in [0.2, 0.25) is 0 Å². The largest absolute Gasteiger partial charge is 0.365 e. The molecule has 1 aliphatic carbocycles. The standard InChI is InChI=1S/C18H32N2O2/c1-15(22-16-6-4-2-3-5-7-16)17(21)20-12-9-18(10-13-20)8-11-19-14-18/h15-16,19H,2-14H2,1H3. The maximum absolute atomic E-state index is 12.6. The molecule has 3 rings (SSSR count). The molecule has 2 saturated heterocycles. The van der Waals surface area contributed by atoms with E-state index in [0.29, 0.717) is 11.5 Å². The summed E-state index contributed by atoms with van der Waals surface area (Å²) < 4.78 is 6.10. The van der Waals surface area contributed by atoms with E-state index in [1.54, 1.807) is 0 Å². The number of amides is 1. The van der Waals surface area contributed by atoms with Gasteiger partial charge in [-0.15, -0.1) is 0 Å². The summed E-state index contributed by atoms with van der Waals surface area (Å²) in [6, 6.07) is 0. The molecule has 0 radical (unpaired) electrons. The van der Waals surface area contributed by atoms with Crippen LogP contribution in [-0.2, 0) is 9.53 Å². The molecule has 0 aromatic rings. The van der Waals surface area contributed by atoms with Crippen LogP contribution in [0.5, 0.6) is 0 Å². The fraction of sp³-hybridized carbons (Fsp3) is 0.944. The zero-order valence-corrected chi connectivity index (χ0v) is 14.1. The fourth-order valence-corrected chi connectivity index (χ4v) is 4.41. The molecular weight excluding hydrogens is 276 g/mol.